The smallest absolute Gasteiger partial charge is 0.425 e. The number of hydrogen-bond donors (Lipinski definition) is 1. The van der Waals surface area contributed by atoms with Gasteiger partial charge in [-0.2, -0.15) is 17.4 Å². The van der Waals surface area contributed by atoms with E-state index in [4.69, 9.17) is 4.74 Å². The monoisotopic (exact) mass is 366 g/mol. The molecule has 0 aromatic heterocycles. The molecule has 1 saturated heterocycles. The number of cyclic esters (lactones) is 1. The van der Waals surface area contributed by atoms with Crippen molar-refractivity contribution in [1.82, 2.24) is 9.03 Å². The summed E-state index contributed by atoms with van der Waals surface area (Å²) in [5.74, 6) is -1.67. The average Bonchev–Trinajstić information content (AvgIpc) is 2.85. The van der Waals surface area contributed by atoms with Crippen molar-refractivity contribution >= 4 is 28.2 Å². The summed E-state index contributed by atoms with van der Waals surface area (Å²) in [5, 5.41) is 0. The van der Waals surface area contributed by atoms with Gasteiger partial charge >= 0.3 is 28.2 Å². The average molecular weight is 366 g/mol. The second-order valence-corrected chi connectivity index (χ2v) is 7.21. The number of nitrogens with one attached hydrogen (secondary N) is 1. The largest absolute Gasteiger partial charge is 0.469 e. The zero-order chi connectivity index (χ0) is 18.5. The van der Waals surface area contributed by atoms with E-state index in [1.165, 1.54) is 0 Å². The van der Waals surface area contributed by atoms with Crippen LogP contribution in [0.5, 0.6) is 0 Å². The van der Waals surface area contributed by atoms with Crippen molar-refractivity contribution < 1.29 is 37.0 Å². The predicted molar refractivity (Wildman–Crippen MR) is 80.9 cm³/mol. The molecule has 0 aliphatic carbocycles. The summed E-state index contributed by atoms with van der Waals surface area (Å²) in [6.45, 7) is 3.67. The second kappa shape index (κ2) is 8.29. The van der Waals surface area contributed by atoms with Crippen LogP contribution in [0.25, 0.3) is 0 Å². The fraction of sp³-hybridized carbons (Fsp3) is 0.769. The molecule has 24 heavy (non-hydrogen) atoms. The molecule has 1 rings (SSSR count). The number of methoxy groups -OCH3 is 2. The maximum atomic E-state index is 12.5. The number of nitrogens with zero attached hydrogens (tertiary/aromatic N) is 1. The lowest BCUT2D eigenvalue weighted by atomic mass is 10.1. The molecule has 1 N–H and O–H groups in total. The van der Waals surface area contributed by atoms with E-state index in [1.54, 1.807) is 0 Å². The van der Waals surface area contributed by atoms with Crippen LogP contribution in [0.15, 0.2) is 0 Å². The molecule has 1 heterocycles. The number of esters is 2. The van der Waals surface area contributed by atoms with Gasteiger partial charge in [0.05, 0.1) is 26.7 Å². The Kier molecular flexibility index (Phi) is 6.96. The van der Waals surface area contributed by atoms with Crippen molar-refractivity contribution in [1.29, 1.82) is 0 Å². The lowest BCUT2D eigenvalue weighted by Crippen LogP contribution is -2.52. The van der Waals surface area contributed by atoms with Crippen LogP contribution in [-0.2, 0) is 34.0 Å². The Morgan fingerprint density at radius 3 is 2.46 bits per heavy atom. The zero-order valence-electron chi connectivity index (χ0n) is 14.0. The second-order valence-electron chi connectivity index (χ2n) is 5.63. The minimum absolute atomic E-state index is 0.0716. The van der Waals surface area contributed by atoms with Crippen LogP contribution >= 0.6 is 0 Å². The minimum Gasteiger partial charge on any atom is -0.469 e. The Labute approximate surface area is 140 Å². The van der Waals surface area contributed by atoms with Crippen LogP contribution in [0.4, 0.5) is 4.79 Å². The molecule has 1 aliphatic heterocycles. The van der Waals surface area contributed by atoms with Gasteiger partial charge in [-0.05, 0) is 12.3 Å². The highest BCUT2D eigenvalue weighted by Crippen LogP contribution is 2.22. The molecule has 0 saturated carbocycles. The first-order valence-corrected chi connectivity index (χ1v) is 8.69. The van der Waals surface area contributed by atoms with Gasteiger partial charge in [-0.1, -0.05) is 13.8 Å². The van der Waals surface area contributed by atoms with E-state index in [0.717, 1.165) is 14.2 Å². The van der Waals surface area contributed by atoms with Gasteiger partial charge in [-0.25, -0.2) is 4.79 Å². The molecule has 0 bridgehead atoms. The molecule has 11 heteroatoms. The van der Waals surface area contributed by atoms with E-state index in [0.29, 0.717) is 10.7 Å². The lowest BCUT2D eigenvalue weighted by Gasteiger charge is -2.24. The van der Waals surface area contributed by atoms with Crippen molar-refractivity contribution in [2.45, 2.75) is 38.8 Å². The first kappa shape index (κ1) is 20.2. The summed E-state index contributed by atoms with van der Waals surface area (Å²) in [5.41, 5.74) is 0. The van der Waals surface area contributed by atoms with Crippen LogP contribution in [0.3, 0.4) is 0 Å². The summed E-state index contributed by atoms with van der Waals surface area (Å²) < 4.78 is 41.2. The Hall–Kier alpha value is -1.88. The van der Waals surface area contributed by atoms with Crippen LogP contribution in [0.2, 0.25) is 0 Å². The van der Waals surface area contributed by atoms with Crippen molar-refractivity contribution in [3.8, 4) is 0 Å². The highest BCUT2D eigenvalue weighted by atomic mass is 32.2. The standard InChI is InChI=1S/C13H22N2O8S/c1-8(2)5-9-7-23-13(18)15(9)24(19,20)14-10(12(17)22-4)6-11(16)21-3/h8-10,14H,5-7H2,1-4H3/t9-,10-/m0/s1. The topological polar surface area (TPSA) is 128 Å². The van der Waals surface area contributed by atoms with Gasteiger partial charge in [-0.3, -0.25) is 9.59 Å². The third-order valence-corrected chi connectivity index (χ3v) is 4.84. The van der Waals surface area contributed by atoms with Crippen LogP contribution in [-0.4, -0.2) is 63.7 Å². The molecular weight excluding hydrogens is 344 g/mol. The number of ether oxygens (including phenoxy) is 3. The Balaban J connectivity index is 3.00. The van der Waals surface area contributed by atoms with Gasteiger partial charge < -0.3 is 14.2 Å². The van der Waals surface area contributed by atoms with E-state index < -0.39 is 46.7 Å². The van der Waals surface area contributed by atoms with Gasteiger partial charge in [-0.15, -0.1) is 0 Å². The predicted octanol–water partition coefficient (Wildman–Crippen LogP) is -0.208. The van der Waals surface area contributed by atoms with Gasteiger partial charge in [0.15, 0.2) is 0 Å². The molecule has 10 nitrogen and oxygen atoms in total. The SMILES string of the molecule is COC(=O)C[C@H](NS(=O)(=O)N1C(=O)OC[C@@H]1CC(C)C)C(=O)OC. The number of hydrogen-bond acceptors (Lipinski definition) is 8. The van der Waals surface area contributed by atoms with Gasteiger partial charge in [0, 0.05) is 0 Å². The third kappa shape index (κ3) is 5.06. The molecule has 138 valence electrons. The van der Waals surface area contributed by atoms with Gasteiger partial charge in [0.2, 0.25) is 0 Å². The van der Waals surface area contributed by atoms with Crippen LogP contribution < -0.4 is 4.72 Å². The van der Waals surface area contributed by atoms with Gasteiger partial charge in [0.25, 0.3) is 0 Å². The number of carbonyl (C=O) groups is 3. The van der Waals surface area contributed by atoms with E-state index in [2.05, 4.69) is 9.47 Å². The number of rotatable bonds is 8. The Bertz CT molecular complexity index is 589. The fourth-order valence-electron chi connectivity index (χ4n) is 2.25. The summed E-state index contributed by atoms with van der Waals surface area (Å²) >= 11 is 0. The minimum atomic E-state index is -4.41. The molecule has 1 aliphatic rings. The Morgan fingerprint density at radius 2 is 1.96 bits per heavy atom. The van der Waals surface area contributed by atoms with Crippen LogP contribution in [0, 0.1) is 5.92 Å². The van der Waals surface area contributed by atoms with Gasteiger partial charge in [0.1, 0.15) is 12.6 Å². The molecule has 0 radical (unpaired) electrons. The first-order valence-electron chi connectivity index (χ1n) is 7.25. The Morgan fingerprint density at radius 1 is 1.33 bits per heavy atom. The first-order chi connectivity index (χ1) is 11.1. The molecule has 2 atom stereocenters. The molecule has 0 spiro atoms. The summed E-state index contributed by atoms with van der Waals surface area (Å²) in [7, 11) is -2.26. The molecule has 1 fully saturated rings. The summed E-state index contributed by atoms with van der Waals surface area (Å²) in [6, 6.07) is -2.20. The zero-order valence-corrected chi connectivity index (χ0v) is 14.8. The lowest BCUT2D eigenvalue weighted by molar-refractivity contribution is -0.149. The van der Waals surface area contributed by atoms with E-state index in [9.17, 15) is 22.8 Å². The summed E-state index contributed by atoms with van der Waals surface area (Å²) in [6.07, 6.45) is -1.21. The molecule has 0 unspecified atom stereocenters. The van der Waals surface area contributed by atoms with Crippen molar-refractivity contribution in [3.63, 3.8) is 0 Å². The molecular formula is C13H22N2O8S. The van der Waals surface area contributed by atoms with E-state index >= 15 is 0 Å². The highest BCUT2D eigenvalue weighted by Gasteiger charge is 2.44. The van der Waals surface area contributed by atoms with Crippen molar-refractivity contribution in [2.75, 3.05) is 20.8 Å². The molecule has 1 amide bonds. The van der Waals surface area contributed by atoms with Crippen molar-refractivity contribution in [2.24, 2.45) is 5.92 Å². The van der Waals surface area contributed by atoms with Crippen molar-refractivity contribution in [3.05, 3.63) is 0 Å². The molecule has 0 aromatic carbocycles. The summed E-state index contributed by atoms with van der Waals surface area (Å²) in [4.78, 5) is 34.8. The fourth-order valence-corrected chi connectivity index (χ4v) is 3.69. The normalized spacial score (nSPS) is 19.1. The van der Waals surface area contributed by atoms with Crippen LogP contribution in [0.1, 0.15) is 26.7 Å². The highest BCUT2D eigenvalue weighted by molar-refractivity contribution is 7.87. The quantitative estimate of drug-likeness (QED) is 0.462. The molecule has 0 aromatic rings. The number of amides is 1. The maximum Gasteiger partial charge on any atom is 0.425 e. The maximum absolute atomic E-state index is 12.5. The third-order valence-electron chi connectivity index (χ3n) is 3.29. The number of carbonyl (C=O) groups excluding carboxylic acids is 3. The van der Waals surface area contributed by atoms with E-state index in [-0.39, 0.29) is 12.5 Å². The van der Waals surface area contributed by atoms with E-state index in [1.807, 2.05) is 18.6 Å².